The zero-order chi connectivity index (χ0) is 14.7. The van der Waals surface area contributed by atoms with E-state index in [1.807, 2.05) is 13.0 Å². The number of benzene rings is 1. The molecule has 1 aromatic heterocycles. The van der Waals surface area contributed by atoms with Gasteiger partial charge in [-0.2, -0.15) is 0 Å². The molecule has 3 nitrogen and oxygen atoms in total. The molecule has 1 N–H and O–H groups in total. The van der Waals surface area contributed by atoms with Crippen LogP contribution in [0.2, 0.25) is 5.15 Å². The van der Waals surface area contributed by atoms with Crippen LogP contribution in [0.15, 0.2) is 22.7 Å². The maximum Gasteiger partial charge on any atom is 0.138 e. The van der Waals surface area contributed by atoms with E-state index in [0.717, 1.165) is 40.2 Å². The molecule has 0 unspecified atom stereocenters. The molecule has 0 fully saturated rings. The molecule has 0 amide bonds. The van der Waals surface area contributed by atoms with Gasteiger partial charge in [0.2, 0.25) is 0 Å². The minimum absolute atomic E-state index is 0.509. The Morgan fingerprint density at radius 1 is 1.25 bits per heavy atom. The van der Waals surface area contributed by atoms with Gasteiger partial charge in [0.15, 0.2) is 0 Å². The van der Waals surface area contributed by atoms with Gasteiger partial charge in [0.25, 0.3) is 0 Å². The topological polar surface area (TPSA) is 37.8 Å². The van der Waals surface area contributed by atoms with E-state index >= 15 is 0 Å². The molecule has 0 spiro atoms. The summed E-state index contributed by atoms with van der Waals surface area (Å²) in [5.41, 5.74) is 3.02. The third-order valence-electron chi connectivity index (χ3n) is 2.98. The molecule has 0 saturated heterocycles. The highest BCUT2D eigenvalue weighted by atomic mass is 79.9. The largest absolute Gasteiger partial charge is 0.339 e. The number of halogens is 2. The number of anilines is 2. The van der Waals surface area contributed by atoms with Crippen molar-refractivity contribution in [1.82, 2.24) is 9.97 Å². The van der Waals surface area contributed by atoms with Crippen LogP contribution in [0, 0.1) is 13.8 Å². The van der Waals surface area contributed by atoms with Crippen LogP contribution in [0.25, 0.3) is 0 Å². The van der Waals surface area contributed by atoms with Crippen molar-refractivity contribution in [1.29, 1.82) is 0 Å². The molecule has 1 aromatic carbocycles. The molecule has 2 rings (SSSR count). The molecular weight excluding hydrogens is 338 g/mol. The molecule has 0 atom stereocenters. The number of hydrogen-bond acceptors (Lipinski definition) is 3. The zero-order valence-electron chi connectivity index (χ0n) is 11.8. The Balaban J connectivity index is 2.39. The van der Waals surface area contributed by atoms with Crippen molar-refractivity contribution in [3.63, 3.8) is 0 Å². The van der Waals surface area contributed by atoms with Gasteiger partial charge in [-0.3, -0.25) is 0 Å². The van der Waals surface area contributed by atoms with Gasteiger partial charge in [-0.25, -0.2) is 9.97 Å². The van der Waals surface area contributed by atoms with E-state index in [0.29, 0.717) is 5.15 Å². The van der Waals surface area contributed by atoms with Crippen LogP contribution < -0.4 is 5.32 Å². The van der Waals surface area contributed by atoms with Crippen molar-refractivity contribution < 1.29 is 0 Å². The van der Waals surface area contributed by atoms with Crippen LogP contribution >= 0.6 is 27.5 Å². The van der Waals surface area contributed by atoms with E-state index in [1.54, 1.807) is 0 Å². The summed E-state index contributed by atoms with van der Waals surface area (Å²) in [6, 6.07) is 6.14. The van der Waals surface area contributed by atoms with E-state index in [-0.39, 0.29) is 0 Å². The first-order valence-corrected chi connectivity index (χ1v) is 7.74. The van der Waals surface area contributed by atoms with Gasteiger partial charge in [-0.15, -0.1) is 0 Å². The third kappa shape index (κ3) is 3.49. The predicted octanol–water partition coefficient (Wildman–Crippen LogP) is 5.21. The Labute approximate surface area is 132 Å². The van der Waals surface area contributed by atoms with Crippen molar-refractivity contribution in [3.05, 3.63) is 44.8 Å². The van der Waals surface area contributed by atoms with Crippen LogP contribution in [0.4, 0.5) is 11.5 Å². The molecule has 0 saturated carbocycles. The summed E-state index contributed by atoms with van der Waals surface area (Å²) >= 11 is 9.73. The summed E-state index contributed by atoms with van der Waals surface area (Å²) in [6.45, 7) is 6.07. The minimum Gasteiger partial charge on any atom is -0.339 e. The monoisotopic (exact) mass is 353 g/mol. The maximum absolute atomic E-state index is 6.19. The highest BCUT2D eigenvalue weighted by Gasteiger charge is 2.10. The number of hydrogen-bond donors (Lipinski definition) is 1. The first-order chi connectivity index (χ1) is 9.51. The lowest BCUT2D eigenvalue weighted by atomic mass is 10.2. The molecular formula is C15H17BrClN3. The second-order valence-electron chi connectivity index (χ2n) is 4.76. The van der Waals surface area contributed by atoms with Crippen LogP contribution in [0.3, 0.4) is 0 Å². The van der Waals surface area contributed by atoms with Crippen LogP contribution in [0.1, 0.15) is 30.3 Å². The van der Waals surface area contributed by atoms with E-state index in [1.165, 1.54) is 5.56 Å². The molecule has 0 aliphatic rings. The Hall–Kier alpha value is -1.13. The fraction of sp³-hybridized carbons (Fsp3) is 0.333. The number of rotatable bonds is 4. The van der Waals surface area contributed by atoms with Crippen molar-refractivity contribution in [2.24, 2.45) is 0 Å². The summed E-state index contributed by atoms with van der Waals surface area (Å²) in [5, 5.41) is 3.85. The van der Waals surface area contributed by atoms with Gasteiger partial charge < -0.3 is 5.32 Å². The second-order valence-corrected chi connectivity index (χ2v) is 5.97. The average Bonchev–Trinajstić information content (AvgIpc) is 2.40. The normalized spacial score (nSPS) is 10.7. The van der Waals surface area contributed by atoms with E-state index < -0.39 is 0 Å². The minimum atomic E-state index is 0.509. The van der Waals surface area contributed by atoms with Gasteiger partial charge in [-0.05, 0) is 53.9 Å². The molecule has 0 aliphatic carbocycles. The van der Waals surface area contributed by atoms with Crippen LogP contribution in [0.5, 0.6) is 0 Å². The first kappa shape index (κ1) is 15.3. The molecule has 0 bridgehead atoms. The summed E-state index contributed by atoms with van der Waals surface area (Å²) in [4.78, 5) is 8.87. The SMILES string of the molecule is CCCc1nc(Cl)c(C)c(Nc2cc(C)ccc2Br)n1. The lowest BCUT2D eigenvalue weighted by Gasteiger charge is -2.13. The van der Waals surface area contributed by atoms with Crippen molar-refractivity contribution in [2.75, 3.05) is 5.32 Å². The zero-order valence-corrected chi connectivity index (χ0v) is 14.1. The Morgan fingerprint density at radius 2 is 2.00 bits per heavy atom. The molecule has 20 heavy (non-hydrogen) atoms. The van der Waals surface area contributed by atoms with Gasteiger partial charge >= 0.3 is 0 Å². The number of nitrogens with one attached hydrogen (secondary N) is 1. The Kier molecular flexibility index (Phi) is 5.00. The summed E-state index contributed by atoms with van der Waals surface area (Å²) < 4.78 is 0.995. The molecule has 0 radical (unpaired) electrons. The lowest BCUT2D eigenvalue weighted by molar-refractivity contribution is 0.833. The average molecular weight is 355 g/mol. The van der Waals surface area contributed by atoms with E-state index in [4.69, 9.17) is 11.6 Å². The molecule has 106 valence electrons. The highest BCUT2D eigenvalue weighted by Crippen LogP contribution is 2.29. The fourth-order valence-corrected chi connectivity index (χ4v) is 2.39. The highest BCUT2D eigenvalue weighted by molar-refractivity contribution is 9.10. The molecule has 2 aromatic rings. The quantitative estimate of drug-likeness (QED) is 0.766. The van der Waals surface area contributed by atoms with Crippen molar-refractivity contribution in [2.45, 2.75) is 33.6 Å². The predicted molar refractivity (Wildman–Crippen MR) is 87.9 cm³/mol. The lowest BCUT2D eigenvalue weighted by Crippen LogP contribution is -2.04. The number of aryl methyl sites for hydroxylation is 2. The maximum atomic E-state index is 6.19. The van der Waals surface area contributed by atoms with E-state index in [2.05, 4.69) is 57.2 Å². The number of nitrogens with zero attached hydrogens (tertiary/aromatic N) is 2. The summed E-state index contributed by atoms with van der Waals surface area (Å²) in [6.07, 6.45) is 1.82. The van der Waals surface area contributed by atoms with Gasteiger partial charge in [-0.1, -0.05) is 24.6 Å². The Bertz CT molecular complexity index is 629. The smallest absolute Gasteiger partial charge is 0.138 e. The van der Waals surface area contributed by atoms with E-state index in [9.17, 15) is 0 Å². The first-order valence-electron chi connectivity index (χ1n) is 6.57. The van der Waals surface area contributed by atoms with Crippen LogP contribution in [-0.2, 0) is 6.42 Å². The fourth-order valence-electron chi connectivity index (χ4n) is 1.85. The number of aromatic nitrogens is 2. The summed E-state index contributed by atoms with van der Waals surface area (Å²) in [5.74, 6) is 1.54. The molecule has 1 heterocycles. The summed E-state index contributed by atoms with van der Waals surface area (Å²) in [7, 11) is 0. The Morgan fingerprint density at radius 3 is 2.70 bits per heavy atom. The van der Waals surface area contributed by atoms with Crippen molar-refractivity contribution in [3.8, 4) is 0 Å². The van der Waals surface area contributed by atoms with Gasteiger partial charge in [0, 0.05) is 16.5 Å². The molecule has 5 heteroatoms. The van der Waals surface area contributed by atoms with Crippen molar-refractivity contribution >= 4 is 39.0 Å². The third-order valence-corrected chi connectivity index (χ3v) is 4.04. The van der Waals surface area contributed by atoms with Gasteiger partial charge in [0.05, 0.1) is 5.69 Å². The van der Waals surface area contributed by atoms with Gasteiger partial charge in [0.1, 0.15) is 16.8 Å². The van der Waals surface area contributed by atoms with Crippen LogP contribution in [-0.4, -0.2) is 9.97 Å². The standard InChI is InChI=1S/C15H17BrClN3/c1-4-5-13-19-14(17)10(3)15(20-13)18-12-8-9(2)6-7-11(12)16/h6-8H,4-5H2,1-3H3,(H,18,19,20). The second kappa shape index (κ2) is 6.55. The molecule has 0 aliphatic heterocycles.